The second-order valence-electron chi connectivity index (χ2n) is 3.61. The molecule has 0 atom stereocenters. The average Bonchev–Trinajstić information content (AvgIpc) is 2.83. The maximum Gasteiger partial charge on any atom is 0.162 e. The average molecular weight is 231 g/mol. The summed E-state index contributed by atoms with van der Waals surface area (Å²) >= 11 is 1.63. The Labute approximate surface area is 99.0 Å². The number of Topliss-reactive ketones (excluding diaryl/α,β-unsaturated/α-hetero) is 1. The van der Waals surface area contributed by atoms with Crippen molar-refractivity contribution in [1.29, 1.82) is 0 Å². The number of nitrogens with zero attached hydrogens (tertiary/aromatic N) is 1. The molecule has 0 unspecified atom stereocenters. The lowest BCUT2D eigenvalue weighted by atomic mass is 10.1. The molecule has 82 valence electrons. The minimum absolute atomic E-state index is 0.196. The van der Waals surface area contributed by atoms with Crippen LogP contribution in [0.25, 0.3) is 11.3 Å². The molecule has 0 aromatic carbocycles. The van der Waals surface area contributed by atoms with Gasteiger partial charge in [-0.05, 0) is 30.0 Å². The second-order valence-corrected chi connectivity index (χ2v) is 4.39. The first-order chi connectivity index (χ1) is 7.81. The topological polar surface area (TPSA) is 30.0 Å². The van der Waals surface area contributed by atoms with E-state index in [1.54, 1.807) is 23.6 Å². The van der Waals surface area contributed by atoms with Gasteiger partial charge in [-0.2, -0.15) is 11.3 Å². The van der Waals surface area contributed by atoms with Crippen molar-refractivity contribution in [1.82, 2.24) is 4.98 Å². The van der Waals surface area contributed by atoms with Crippen molar-refractivity contribution in [2.24, 2.45) is 0 Å². The highest BCUT2D eigenvalue weighted by atomic mass is 32.1. The third-order valence-electron chi connectivity index (χ3n) is 2.38. The molecule has 0 aliphatic heterocycles. The number of carbonyl (C=O) groups excluding carboxylic acids is 1. The standard InChI is InChI=1S/C13H13NOS/c1-2-3-13(15)10-4-6-14-12(8-10)11-5-7-16-9-11/h4-9H,2-3H2,1H3. The zero-order valence-electron chi connectivity index (χ0n) is 9.14. The molecular weight excluding hydrogens is 218 g/mol. The second kappa shape index (κ2) is 5.03. The van der Waals surface area contributed by atoms with Gasteiger partial charge in [-0.25, -0.2) is 0 Å². The quantitative estimate of drug-likeness (QED) is 0.749. The number of hydrogen-bond donors (Lipinski definition) is 0. The molecule has 0 aliphatic carbocycles. The van der Waals surface area contributed by atoms with E-state index in [0.717, 1.165) is 23.2 Å². The maximum absolute atomic E-state index is 11.7. The summed E-state index contributed by atoms with van der Waals surface area (Å²) in [5.41, 5.74) is 2.72. The van der Waals surface area contributed by atoms with E-state index in [1.165, 1.54) is 0 Å². The van der Waals surface area contributed by atoms with Crippen LogP contribution in [0.3, 0.4) is 0 Å². The molecule has 0 fully saturated rings. The molecule has 0 bridgehead atoms. The molecule has 2 nitrogen and oxygen atoms in total. The highest BCUT2D eigenvalue weighted by Crippen LogP contribution is 2.21. The molecule has 0 radical (unpaired) electrons. The Morgan fingerprint density at radius 1 is 1.44 bits per heavy atom. The van der Waals surface area contributed by atoms with Crippen molar-refractivity contribution >= 4 is 17.1 Å². The molecule has 2 rings (SSSR count). The lowest BCUT2D eigenvalue weighted by molar-refractivity contribution is 0.0981. The number of rotatable bonds is 4. The van der Waals surface area contributed by atoms with E-state index in [-0.39, 0.29) is 5.78 Å². The van der Waals surface area contributed by atoms with Gasteiger partial charge in [0.05, 0.1) is 5.69 Å². The van der Waals surface area contributed by atoms with Gasteiger partial charge in [-0.1, -0.05) is 6.92 Å². The van der Waals surface area contributed by atoms with E-state index in [4.69, 9.17) is 0 Å². The summed E-state index contributed by atoms with van der Waals surface area (Å²) in [7, 11) is 0. The van der Waals surface area contributed by atoms with Crippen LogP contribution in [0.4, 0.5) is 0 Å². The molecule has 2 aromatic rings. The van der Waals surface area contributed by atoms with Crippen LogP contribution in [-0.4, -0.2) is 10.8 Å². The summed E-state index contributed by atoms with van der Waals surface area (Å²) in [5, 5.41) is 4.05. The molecule has 0 N–H and O–H groups in total. The van der Waals surface area contributed by atoms with Crippen LogP contribution in [0.2, 0.25) is 0 Å². The fourth-order valence-corrected chi connectivity index (χ4v) is 2.19. The lowest BCUT2D eigenvalue weighted by Crippen LogP contribution is -1.98. The van der Waals surface area contributed by atoms with E-state index < -0.39 is 0 Å². The first-order valence-corrected chi connectivity index (χ1v) is 6.27. The Kier molecular flexibility index (Phi) is 3.47. The predicted octanol–water partition coefficient (Wildman–Crippen LogP) is 3.79. The number of carbonyl (C=O) groups is 1. The Balaban J connectivity index is 2.30. The smallest absolute Gasteiger partial charge is 0.162 e. The van der Waals surface area contributed by atoms with E-state index in [9.17, 15) is 4.79 Å². The van der Waals surface area contributed by atoms with Crippen molar-refractivity contribution in [3.8, 4) is 11.3 Å². The van der Waals surface area contributed by atoms with E-state index in [2.05, 4.69) is 4.98 Å². The Morgan fingerprint density at radius 2 is 2.31 bits per heavy atom. The van der Waals surface area contributed by atoms with Gasteiger partial charge in [0.1, 0.15) is 0 Å². The maximum atomic E-state index is 11.7. The molecule has 0 saturated carbocycles. The molecule has 2 heterocycles. The van der Waals surface area contributed by atoms with Crippen LogP contribution in [0.5, 0.6) is 0 Å². The molecular formula is C13H13NOS. The molecule has 0 aliphatic rings. The van der Waals surface area contributed by atoms with Gasteiger partial charge in [0.15, 0.2) is 5.78 Å². The van der Waals surface area contributed by atoms with Crippen molar-refractivity contribution in [2.45, 2.75) is 19.8 Å². The highest BCUT2D eigenvalue weighted by molar-refractivity contribution is 7.08. The van der Waals surface area contributed by atoms with Crippen LogP contribution >= 0.6 is 11.3 Å². The largest absolute Gasteiger partial charge is 0.294 e. The summed E-state index contributed by atoms with van der Waals surface area (Å²) in [6.07, 6.45) is 3.19. The fraction of sp³-hybridized carbons (Fsp3) is 0.231. The molecule has 3 heteroatoms. The monoisotopic (exact) mass is 231 g/mol. The van der Waals surface area contributed by atoms with Crippen molar-refractivity contribution in [3.05, 3.63) is 40.7 Å². The molecule has 0 spiro atoms. The van der Waals surface area contributed by atoms with Crippen LogP contribution in [0.15, 0.2) is 35.2 Å². The van der Waals surface area contributed by atoms with Crippen molar-refractivity contribution in [2.75, 3.05) is 0 Å². The number of thiophene rings is 1. The van der Waals surface area contributed by atoms with Gasteiger partial charge in [-0.15, -0.1) is 0 Å². The zero-order chi connectivity index (χ0) is 11.4. The SMILES string of the molecule is CCCC(=O)c1ccnc(-c2ccsc2)c1. The normalized spacial score (nSPS) is 10.3. The van der Waals surface area contributed by atoms with Crippen LogP contribution in [0.1, 0.15) is 30.1 Å². The van der Waals surface area contributed by atoms with Crippen molar-refractivity contribution < 1.29 is 4.79 Å². The molecule has 0 saturated heterocycles. The number of aromatic nitrogens is 1. The Morgan fingerprint density at radius 3 is 3.00 bits per heavy atom. The lowest BCUT2D eigenvalue weighted by Gasteiger charge is -2.01. The summed E-state index contributed by atoms with van der Waals surface area (Å²) in [5.74, 6) is 0.196. The van der Waals surface area contributed by atoms with Gasteiger partial charge in [0.25, 0.3) is 0 Å². The zero-order valence-corrected chi connectivity index (χ0v) is 9.96. The summed E-state index contributed by atoms with van der Waals surface area (Å²) in [4.78, 5) is 16.0. The minimum atomic E-state index is 0.196. The van der Waals surface area contributed by atoms with Gasteiger partial charge >= 0.3 is 0 Å². The molecule has 0 amide bonds. The van der Waals surface area contributed by atoms with Crippen LogP contribution < -0.4 is 0 Å². The van der Waals surface area contributed by atoms with Crippen LogP contribution in [-0.2, 0) is 0 Å². The first-order valence-electron chi connectivity index (χ1n) is 5.33. The minimum Gasteiger partial charge on any atom is -0.294 e. The molecule has 16 heavy (non-hydrogen) atoms. The van der Waals surface area contributed by atoms with Gasteiger partial charge in [-0.3, -0.25) is 9.78 Å². The summed E-state index contributed by atoms with van der Waals surface area (Å²) in [6.45, 7) is 2.01. The van der Waals surface area contributed by atoms with E-state index >= 15 is 0 Å². The van der Waals surface area contributed by atoms with Crippen LogP contribution in [0, 0.1) is 0 Å². The third-order valence-corrected chi connectivity index (χ3v) is 3.06. The first kappa shape index (κ1) is 11.0. The van der Waals surface area contributed by atoms with E-state index in [1.807, 2.05) is 29.8 Å². The van der Waals surface area contributed by atoms with E-state index in [0.29, 0.717) is 6.42 Å². The highest BCUT2D eigenvalue weighted by Gasteiger charge is 2.07. The van der Waals surface area contributed by atoms with Crippen molar-refractivity contribution in [3.63, 3.8) is 0 Å². The summed E-state index contributed by atoms with van der Waals surface area (Å²) in [6, 6.07) is 5.68. The van der Waals surface area contributed by atoms with Gasteiger partial charge in [0.2, 0.25) is 0 Å². The Bertz CT molecular complexity index is 476. The number of pyridine rings is 1. The number of hydrogen-bond acceptors (Lipinski definition) is 3. The number of ketones is 1. The predicted molar refractivity (Wildman–Crippen MR) is 66.8 cm³/mol. The fourth-order valence-electron chi connectivity index (χ4n) is 1.54. The van der Waals surface area contributed by atoms with Gasteiger partial charge < -0.3 is 0 Å². The summed E-state index contributed by atoms with van der Waals surface area (Å²) < 4.78 is 0. The third kappa shape index (κ3) is 2.36. The molecule has 2 aromatic heterocycles. The van der Waals surface area contributed by atoms with Gasteiger partial charge in [0, 0.05) is 29.1 Å². The Hall–Kier alpha value is -1.48.